The van der Waals surface area contributed by atoms with Gasteiger partial charge in [-0.2, -0.15) is 0 Å². The largest absolute Gasteiger partial charge is 0.391 e. The smallest absolute Gasteiger partial charge is 0.264 e. The quantitative estimate of drug-likeness (QED) is 0.812. The molecule has 1 amide bonds. The fraction of sp³-hybridized carbons (Fsp3) is 0.409. The first kappa shape index (κ1) is 21.3. The van der Waals surface area contributed by atoms with Crippen LogP contribution in [0.1, 0.15) is 41.6 Å². The van der Waals surface area contributed by atoms with Gasteiger partial charge < -0.3 is 10.0 Å². The van der Waals surface area contributed by atoms with Crippen molar-refractivity contribution in [1.29, 1.82) is 0 Å². The maximum Gasteiger partial charge on any atom is 0.264 e. The predicted octanol–water partition coefficient (Wildman–Crippen LogP) is 3.20. The number of aliphatic hydroxyl groups is 1. The third kappa shape index (κ3) is 4.46. The zero-order chi connectivity index (χ0) is 21.2. The van der Waals surface area contributed by atoms with Crippen molar-refractivity contribution in [3.63, 3.8) is 0 Å². The van der Waals surface area contributed by atoms with Gasteiger partial charge in [0.2, 0.25) is 0 Å². The first-order valence-electron chi connectivity index (χ1n) is 9.82. The van der Waals surface area contributed by atoms with Gasteiger partial charge in [-0.1, -0.05) is 36.6 Å². The molecule has 6 nitrogen and oxygen atoms in total. The Morgan fingerprint density at radius 3 is 2.34 bits per heavy atom. The maximum absolute atomic E-state index is 13.1. The van der Waals surface area contributed by atoms with Crippen LogP contribution in [-0.2, 0) is 10.0 Å². The van der Waals surface area contributed by atoms with E-state index in [0.717, 1.165) is 24.8 Å². The molecule has 7 heteroatoms. The number of amides is 1. The molecule has 0 radical (unpaired) electrons. The van der Waals surface area contributed by atoms with E-state index in [1.54, 1.807) is 36.2 Å². The first-order chi connectivity index (χ1) is 13.7. The van der Waals surface area contributed by atoms with Gasteiger partial charge in [-0.05, 0) is 50.1 Å². The fourth-order valence-corrected chi connectivity index (χ4v) is 4.98. The van der Waals surface area contributed by atoms with Crippen molar-refractivity contribution in [2.45, 2.75) is 49.6 Å². The summed E-state index contributed by atoms with van der Waals surface area (Å²) in [4.78, 5) is 14.6. The van der Waals surface area contributed by atoms with Crippen molar-refractivity contribution in [1.82, 2.24) is 4.90 Å². The highest BCUT2D eigenvalue weighted by molar-refractivity contribution is 7.92. The van der Waals surface area contributed by atoms with Gasteiger partial charge in [0.05, 0.1) is 22.7 Å². The van der Waals surface area contributed by atoms with E-state index >= 15 is 0 Å². The van der Waals surface area contributed by atoms with Crippen molar-refractivity contribution < 1.29 is 18.3 Å². The lowest BCUT2D eigenvalue weighted by Gasteiger charge is -2.35. The third-order valence-corrected chi connectivity index (χ3v) is 7.43. The average Bonchev–Trinajstić information content (AvgIpc) is 2.73. The lowest BCUT2D eigenvalue weighted by atomic mass is 9.91. The van der Waals surface area contributed by atoms with Crippen molar-refractivity contribution in [3.8, 4) is 0 Å². The number of nitrogens with zero attached hydrogens (tertiary/aromatic N) is 2. The number of aryl methyl sites for hydroxylation is 1. The second-order valence-electron chi connectivity index (χ2n) is 7.67. The summed E-state index contributed by atoms with van der Waals surface area (Å²) in [6.07, 6.45) is 2.81. The highest BCUT2D eigenvalue weighted by Gasteiger charge is 2.30. The minimum atomic E-state index is -3.81. The second-order valence-corrected chi connectivity index (χ2v) is 9.64. The van der Waals surface area contributed by atoms with Crippen LogP contribution in [0.5, 0.6) is 0 Å². The summed E-state index contributed by atoms with van der Waals surface area (Å²) in [5.74, 6) is -0.286. The molecule has 0 aliphatic heterocycles. The van der Waals surface area contributed by atoms with E-state index in [1.165, 1.54) is 23.5 Å². The molecule has 0 unspecified atom stereocenters. The van der Waals surface area contributed by atoms with Crippen LogP contribution in [0.4, 0.5) is 5.69 Å². The number of likely N-dealkylation sites (N-methyl/N-ethyl adjacent to an activating group) is 1. The Kier molecular flexibility index (Phi) is 6.29. The number of hydrogen-bond donors (Lipinski definition) is 1. The number of sulfonamides is 1. The summed E-state index contributed by atoms with van der Waals surface area (Å²) >= 11 is 0. The Morgan fingerprint density at radius 2 is 1.69 bits per heavy atom. The predicted molar refractivity (Wildman–Crippen MR) is 114 cm³/mol. The topological polar surface area (TPSA) is 77.9 Å². The number of hydrogen-bond acceptors (Lipinski definition) is 4. The molecule has 0 aromatic heterocycles. The van der Waals surface area contributed by atoms with E-state index in [-0.39, 0.29) is 16.8 Å². The molecular formula is C22H28N2O4S. The van der Waals surface area contributed by atoms with Crippen LogP contribution in [0.15, 0.2) is 53.4 Å². The number of carbonyl (C=O) groups is 1. The molecule has 0 bridgehead atoms. The van der Waals surface area contributed by atoms with E-state index in [1.807, 2.05) is 19.1 Å². The second kappa shape index (κ2) is 8.55. The molecule has 156 valence electrons. The molecule has 0 spiro atoms. The molecule has 29 heavy (non-hydrogen) atoms. The molecule has 3 rings (SSSR count). The van der Waals surface area contributed by atoms with Crippen LogP contribution in [0.3, 0.4) is 0 Å². The Balaban J connectivity index is 1.86. The van der Waals surface area contributed by atoms with Crippen molar-refractivity contribution in [2.24, 2.45) is 0 Å². The van der Waals surface area contributed by atoms with Gasteiger partial charge >= 0.3 is 0 Å². The number of rotatable bonds is 5. The molecule has 0 saturated heterocycles. The van der Waals surface area contributed by atoms with Crippen LogP contribution in [0.2, 0.25) is 0 Å². The SMILES string of the molecule is Cc1ccc(N(C)S(=O)(=O)c2cccc(C(=O)N(C)[C@@H]3CCCC[C@H]3O)c2)cc1. The minimum Gasteiger partial charge on any atom is -0.391 e. The fourth-order valence-electron chi connectivity index (χ4n) is 3.74. The van der Waals surface area contributed by atoms with E-state index in [9.17, 15) is 18.3 Å². The number of benzene rings is 2. The minimum absolute atomic E-state index is 0.0593. The van der Waals surface area contributed by atoms with Crippen LogP contribution in [0.25, 0.3) is 0 Å². The summed E-state index contributed by atoms with van der Waals surface area (Å²) in [6, 6.07) is 13.1. The van der Waals surface area contributed by atoms with Gasteiger partial charge in [0.25, 0.3) is 15.9 Å². The van der Waals surface area contributed by atoms with Crippen molar-refractivity contribution in [3.05, 3.63) is 59.7 Å². The summed E-state index contributed by atoms with van der Waals surface area (Å²) in [6.45, 7) is 1.94. The molecule has 1 aliphatic rings. The summed E-state index contributed by atoms with van der Waals surface area (Å²) in [7, 11) is -0.642. The molecule has 0 heterocycles. The Labute approximate surface area is 172 Å². The van der Waals surface area contributed by atoms with Gasteiger partial charge in [0.1, 0.15) is 0 Å². The molecule has 1 saturated carbocycles. The van der Waals surface area contributed by atoms with Crippen LogP contribution < -0.4 is 4.31 Å². The average molecular weight is 417 g/mol. The lowest BCUT2D eigenvalue weighted by molar-refractivity contribution is 0.0268. The van der Waals surface area contributed by atoms with Gasteiger partial charge in [-0.25, -0.2) is 8.42 Å². The number of aliphatic hydroxyl groups excluding tert-OH is 1. The molecule has 1 N–H and O–H groups in total. The van der Waals surface area contributed by atoms with Crippen LogP contribution in [-0.4, -0.2) is 50.6 Å². The first-order valence-corrected chi connectivity index (χ1v) is 11.3. The Bertz CT molecular complexity index is 973. The molecular weight excluding hydrogens is 388 g/mol. The van der Waals surface area contributed by atoms with Crippen LogP contribution >= 0.6 is 0 Å². The van der Waals surface area contributed by atoms with Gasteiger partial charge in [0.15, 0.2) is 0 Å². The number of carbonyl (C=O) groups excluding carboxylic acids is 1. The molecule has 2 aromatic carbocycles. The van der Waals surface area contributed by atoms with E-state index in [2.05, 4.69) is 0 Å². The van der Waals surface area contributed by atoms with Gasteiger partial charge in [-0.15, -0.1) is 0 Å². The molecule has 2 aromatic rings. The summed E-state index contributed by atoms with van der Waals surface area (Å²) < 4.78 is 27.4. The van der Waals surface area contributed by atoms with Crippen LogP contribution in [0, 0.1) is 6.92 Å². The summed E-state index contributed by atoms with van der Waals surface area (Å²) in [5.41, 5.74) is 1.89. The van der Waals surface area contributed by atoms with Crippen molar-refractivity contribution in [2.75, 3.05) is 18.4 Å². The standard InChI is InChI=1S/C22H28N2O4S/c1-16-11-13-18(14-12-16)24(3)29(27,28)19-8-6-7-17(15-19)22(26)23(2)20-9-4-5-10-21(20)25/h6-8,11-15,20-21,25H,4-5,9-10H2,1-3H3/t20-,21-/m1/s1. The highest BCUT2D eigenvalue weighted by Crippen LogP contribution is 2.26. The van der Waals surface area contributed by atoms with E-state index < -0.39 is 16.1 Å². The summed E-state index contributed by atoms with van der Waals surface area (Å²) in [5, 5.41) is 10.2. The zero-order valence-electron chi connectivity index (χ0n) is 17.1. The Morgan fingerprint density at radius 1 is 1.03 bits per heavy atom. The lowest BCUT2D eigenvalue weighted by Crippen LogP contribution is -2.46. The normalized spacial score (nSPS) is 19.6. The van der Waals surface area contributed by atoms with E-state index in [0.29, 0.717) is 17.7 Å². The monoisotopic (exact) mass is 416 g/mol. The highest BCUT2D eigenvalue weighted by atomic mass is 32.2. The number of anilines is 1. The molecule has 2 atom stereocenters. The molecule has 1 aliphatic carbocycles. The third-order valence-electron chi connectivity index (χ3n) is 5.65. The molecule has 1 fully saturated rings. The van der Waals surface area contributed by atoms with Crippen molar-refractivity contribution >= 4 is 21.6 Å². The van der Waals surface area contributed by atoms with Gasteiger partial charge in [-0.3, -0.25) is 9.10 Å². The van der Waals surface area contributed by atoms with E-state index in [4.69, 9.17) is 0 Å². The Hall–Kier alpha value is -2.38. The van der Waals surface area contributed by atoms with Gasteiger partial charge in [0, 0.05) is 19.7 Å². The maximum atomic E-state index is 13.1. The zero-order valence-corrected chi connectivity index (χ0v) is 17.9.